The molecule has 6 aromatic rings. The zero-order chi connectivity index (χ0) is 26.8. The van der Waals surface area contributed by atoms with E-state index in [0.717, 1.165) is 22.3 Å². The number of aliphatic hydroxyl groups is 1. The van der Waals surface area contributed by atoms with E-state index in [9.17, 15) is 15.5 Å². The number of hydrogen-bond donors (Lipinski definition) is 4. The summed E-state index contributed by atoms with van der Waals surface area (Å²) >= 11 is 0. The van der Waals surface area contributed by atoms with Crippen molar-refractivity contribution >= 4 is 0 Å². The van der Waals surface area contributed by atoms with Crippen LogP contribution in [0, 0.1) is 11.3 Å². The Balaban J connectivity index is 1.43. The highest BCUT2D eigenvalue weighted by Crippen LogP contribution is 2.30. The zero-order valence-electron chi connectivity index (χ0n) is 20.7. The molecule has 3 heterocycles. The molecule has 0 radical (unpaired) electrons. The molecule has 0 aliphatic heterocycles. The Morgan fingerprint density at radius 2 is 1.62 bits per heavy atom. The summed E-state index contributed by atoms with van der Waals surface area (Å²) in [5.41, 5.74) is 5.45. The van der Waals surface area contributed by atoms with Gasteiger partial charge < -0.3 is 20.2 Å². The Bertz CT molecular complexity index is 1810. The maximum atomic E-state index is 9.60. The van der Waals surface area contributed by atoms with Crippen LogP contribution in [0.3, 0.4) is 0 Å². The smallest absolute Gasteiger partial charge is 0.146 e. The van der Waals surface area contributed by atoms with Crippen LogP contribution in [-0.2, 0) is 6.42 Å². The second-order valence-electron chi connectivity index (χ2n) is 9.00. The van der Waals surface area contributed by atoms with Gasteiger partial charge in [-0.3, -0.25) is 4.57 Å². The summed E-state index contributed by atoms with van der Waals surface area (Å²) < 4.78 is 1.90. The average Bonchev–Trinajstić information content (AvgIpc) is 3.73. The number of rotatable bonds is 7. The van der Waals surface area contributed by atoms with Crippen LogP contribution >= 0.6 is 0 Å². The predicted molar refractivity (Wildman–Crippen MR) is 147 cm³/mol. The molecule has 0 fully saturated rings. The number of H-pyrrole nitrogens is 2. The maximum absolute atomic E-state index is 9.60. The number of nitrogens with one attached hydrogen (secondary N) is 2. The van der Waals surface area contributed by atoms with Gasteiger partial charge in [-0.1, -0.05) is 30.3 Å². The van der Waals surface area contributed by atoms with E-state index in [4.69, 9.17) is 4.98 Å². The second kappa shape index (κ2) is 10.1. The van der Waals surface area contributed by atoms with E-state index in [0.29, 0.717) is 46.7 Å². The minimum absolute atomic E-state index is 0.0812. The van der Waals surface area contributed by atoms with E-state index < -0.39 is 0 Å². The van der Waals surface area contributed by atoms with Crippen LogP contribution in [0.4, 0.5) is 0 Å². The fraction of sp³-hybridized carbons (Fsp3) is 0.0667. The minimum atomic E-state index is 0.0812. The first-order valence-corrected chi connectivity index (χ1v) is 12.3. The number of imidazole rings is 3. The molecule has 9 heteroatoms. The van der Waals surface area contributed by atoms with E-state index >= 15 is 0 Å². The molecule has 3 aromatic carbocycles. The summed E-state index contributed by atoms with van der Waals surface area (Å²) in [5, 5.41) is 28.4. The number of nitrogens with zero attached hydrogens (tertiary/aromatic N) is 5. The standard InChI is InChI=1S/C30H23N7O2/c31-15-20-4-2-6-23(14-20)30-35-26(25-16-32-28(34-25)21-7-9-24(39)10-8-21)18-37(30)27-17-33-29(36-27)22-5-1-3-19(13-22)11-12-38/h1-10,13-14,16-18,38-39H,11-12H2,(H,32,34)(H,33,36). The summed E-state index contributed by atoms with van der Waals surface area (Å²) in [6.45, 7) is 0.0812. The van der Waals surface area contributed by atoms with Gasteiger partial charge in [-0.05, 0) is 54.4 Å². The molecule has 190 valence electrons. The molecular weight excluding hydrogens is 490 g/mol. The highest BCUT2D eigenvalue weighted by atomic mass is 16.3. The molecule has 0 spiro atoms. The van der Waals surface area contributed by atoms with Crippen molar-refractivity contribution in [3.8, 4) is 63.2 Å². The van der Waals surface area contributed by atoms with Gasteiger partial charge >= 0.3 is 0 Å². The van der Waals surface area contributed by atoms with Crippen LogP contribution in [-0.4, -0.2) is 46.3 Å². The largest absolute Gasteiger partial charge is 0.508 e. The number of nitriles is 1. The van der Waals surface area contributed by atoms with E-state index in [2.05, 4.69) is 26.0 Å². The lowest BCUT2D eigenvalue weighted by atomic mass is 10.1. The van der Waals surface area contributed by atoms with Gasteiger partial charge in [0.15, 0.2) is 0 Å². The third-order valence-corrected chi connectivity index (χ3v) is 6.37. The summed E-state index contributed by atoms with van der Waals surface area (Å²) in [6, 6.07) is 24.2. The monoisotopic (exact) mass is 513 g/mol. The van der Waals surface area contributed by atoms with Crippen molar-refractivity contribution < 1.29 is 10.2 Å². The minimum Gasteiger partial charge on any atom is -0.508 e. The van der Waals surface area contributed by atoms with Crippen molar-refractivity contribution in [2.24, 2.45) is 0 Å². The lowest BCUT2D eigenvalue weighted by molar-refractivity contribution is 0.299. The first kappa shape index (κ1) is 23.9. The molecular formula is C30H23N7O2. The molecule has 6 rings (SSSR count). The molecule has 0 saturated heterocycles. The fourth-order valence-electron chi connectivity index (χ4n) is 4.43. The average molecular weight is 514 g/mol. The number of aromatic nitrogens is 6. The summed E-state index contributed by atoms with van der Waals surface area (Å²) in [6.07, 6.45) is 5.92. The Labute approximate surface area is 223 Å². The van der Waals surface area contributed by atoms with Crippen LogP contribution in [0.15, 0.2) is 91.4 Å². The van der Waals surface area contributed by atoms with Gasteiger partial charge in [0.05, 0.1) is 29.7 Å². The van der Waals surface area contributed by atoms with E-state index in [1.807, 2.05) is 47.2 Å². The van der Waals surface area contributed by atoms with Crippen molar-refractivity contribution in [3.05, 3.63) is 103 Å². The summed E-state index contributed by atoms with van der Waals surface area (Å²) in [7, 11) is 0. The summed E-state index contributed by atoms with van der Waals surface area (Å²) in [5.74, 6) is 2.86. The Morgan fingerprint density at radius 3 is 2.44 bits per heavy atom. The molecule has 0 aliphatic rings. The number of aromatic amines is 2. The van der Waals surface area contributed by atoms with Crippen molar-refractivity contribution in [2.45, 2.75) is 6.42 Å². The van der Waals surface area contributed by atoms with Crippen LogP contribution in [0.1, 0.15) is 11.1 Å². The van der Waals surface area contributed by atoms with Gasteiger partial charge in [-0.15, -0.1) is 0 Å². The first-order chi connectivity index (χ1) is 19.1. The molecule has 4 N–H and O–H groups in total. The molecule has 0 amide bonds. The Morgan fingerprint density at radius 1 is 0.846 bits per heavy atom. The SMILES string of the molecule is N#Cc1cccc(-c2nc(-c3cnc(-c4ccc(O)cc4)[nH]3)cn2-c2cnc(-c3cccc(CCO)c3)[nH]2)c1. The maximum Gasteiger partial charge on any atom is 0.146 e. The van der Waals surface area contributed by atoms with Crippen LogP contribution in [0.2, 0.25) is 0 Å². The topological polar surface area (TPSA) is 139 Å². The molecule has 0 atom stereocenters. The van der Waals surface area contributed by atoms with E-state index in [1.165, 1.54) is 0 Å². The molecule has 0 aliphatic carbocycles. The van der Waals surface area contributed by atoms with Gasteiger partial charge in [-0.25, -0.2) is 15.0 Å². The Hall–Kier alpha value is -5.46. The lowest BCUT2D eigenvalue weighted by Gasteiger charge is -2.06. The van der Waals surface area contributed by atoms with Crippen molar-refractivity contribution in [2.75, 3.05) is 6.61 Å². The molecule has 0 saturated carbocycles. The Kier molecular flexibility index (Phi) is 6.21. The van der Waals surface area contributed by atoms with Gasteiger partial charge in [0.2, 0.25) is 0 Å². The number of phenols is 1. The van der Waals surface area contributed by atoms with Gasteiger partial charge in [0.25, 0.3) is 0 Å². The molecule has 0 bridgehead atoms. The molecule has 0 unspecified atom stereocenters. The third-order valence-electron chi connectivity index (χ3n) is 6.37. The highest BCUT2D eigenvalue weighted by Gasteiger charge is 2.17. The lowest BCUT2D eigenvalue weighted by Crippen LogP contribution is -1.97. The predicted octanol–water partition coefficient (Wildman–Crippen LogP) is 5.10. The van der Waals surface area contributed by atoms with Crippen molar-refractivity contribution in [1.82, 2.24) is 29.5 Å². The summed E-state index contributed by atoms with van der Waals surface area (Å²) in [4.78, 5) is 20.7. The fourth-order valence-corrected chi connectivity index (χ4v) is 4.43. The van der Waals surface area contributed by atoms with Crippen molar-refractivity contribution in [3.63, 3.8) is 0 Å². The third kappa shape index (κ3) is 4.80. The number of hydrogen-bond acceptors (Lipinski definition) is 6. The quantitative estimate of drug-likeness (QED) is 0.234. The van der Waals surface area contributed by atoms with E-state index in [-0.39, 0.29) is 12.4 Å². The van der Waals surface area contributed by atoms with Crippen LogP contribution in [0.25, 0.3) is 51.4 Å². The number of aromatic hydroxyl groups is 1. The van der Waals surface area contributed by atoms with Gasteiger partial charge in [0.1, 0.15) is 34.7 Å². The number of aliphatic hydroxyl groups excluding tert-OH is 1. The number of phenolic OH excluding ortho intramolecular Hbond substituents is 1. The molecule has 9 nitrogen and oxygen atoms in total. The first-order valence-electron chi connectivity index (χ1n) is 12.3. The van der Waals surface area contributed by atoms with Crippen LogP contribution < -0.4 is 0 Å². The second-order valence-corrected chi connectivity index (χ2v) is 9.00. The van der Waals surface area contributed by atoms with Crippen molar-refractivity contribution in [1.29, 1.82) is 5.26 Å². The normalized spacial score (nSPS) is 11.0. The molecule has 39 heavy (non-hydrogen) atoms. The number of benzene rings is 3. The molecule has 3 aromatic heterocycles. The zero-order valence-corrected chi connectivity index (χ0v) is 20.7. The van der Waals surface area contributed by atoms with Crippen LogP contribution in [0.5, 0.6) is 5.75 Å². The van der Waals surface area contributed by atoms with Gasteiger partial charge in [0, 0.05) is 29.5 Å². The van der Waals surface area contributed by atoms with E-state index in [1.54, 1.807) is 48.8 Å². The highest BCUT2D eigenvalue weighted by molar-refractivity contribution is 5.68. The van der Waals surface area contributed by atoms with Gasteiger partial charge in [-0.2, -0.15) is 5.26 Å².